The molecule has 2 rings (SSSR count). The first-order valence-electron chi connectivity index (χ1n) is 4.91. The van der Waals surface area contributed by atoms with E-state index in [1.807, 2.05) is 18.9 Å². The quantitative estimate of drug-likeness (QED) is 0.821. The standard InChI is InChI=1S/C11H12FN3S/c1-8-13-11(16-14-8)15(2)7-9-3-5-10(12)6-4-9/h3-6H,7H2,1-2H3. The Bertz CT molecular complexity index is 466. The first-order chi connectivity index (χ1) is 7.65. The minimum absolute atomic E-state index is 0.210. The van der Waals surface area contributed by atoms with Gasteiger partial charge in [0.15, 0.2) is 0 Å². The molecule has 1 aromatic carbocycles. The highest BCUT2D eigenvalue weighted by Gasteiger charge is 2.06. The molecule has 2 aromatic rings. The predicted octanol–water partition coefficient (Wildman–Crippen LogP) is 2.62. The van der Waals surface area contributed by atoms with Crippen LogP contribution in [0.3, 0.4) is 0 Å². The van der Waals surface area contributed by atoms with E-state index in [1.54, 1.807) is 12.1 Å². The molecular formula is C11H12FN3S. The highest BCUT2D eigenvalue weighted by Crippen LogP contribution is 2.17. The third kappa shape index (κ3) is 2.55. The largest absolute Gasteiger partial charge is 0.346 e. The molecule has 1 heterocycles. The van der Waals surface area contributed by atoms with Gasteiger partial charge in [0.1, 0.15) is 11.6 Å². The van der Waals surface area contributed by atoms with Crippen LogP contribution in [0.25, 0.3) is 0 Å². The van der Waals surface area contributed by atoms with E-state index >= 15 is 0 Å². The van der Waals surface area contributed by atoms with Crippen LogP contribution in [0.5, 0.6) is 0 Å². The lowest BCUT2D eigenvalue weighted by Gasteiger charge is -2.14. The van der Waals surface area contributed by atoms with Crippen molar-refractivity contribution in [1.82, 2.24) is 9.36 Å². The molecule has 3 nitrogen and oxygen atoms in total. The highest BCUT2D eigenvalue weighted by atomic mass is 32.1. The second-order valence-corrected chi connectivity index (χ2v) is 4.34. The summed E-state index contributed by atoms with van der Waals surface area (Å²) in [5.41, 5.74) is 1.05. The minimum Gasteiger partial charge on any atom is -0.346 e. The van der Waals surface area contributed by atoms with Crippen LogP contribution in [0.2, 0.25) is 0 Å². The van der Waals surface area contributed by atoms with Gasteiger partial charge in [0, 0.05) is 25.1 Å². The maximum atomic E-state index is 12.7. The number of hydrogen-bond acceptors (Lipinski definition) is 4. The van der Waals surface area contributed by atoms with Crippen LogP contribution in [0.1, 0.15) is 11.4 Å². The van der Waals surface area contributed by atoms with Crippen molar-refractivity contribution >= 4 is 16.7 Å². The van der Waals surface area contributed by atoms with E-state index < -0.39 is 0 Å². The summed E-state index contributed by atoms with van der Waals surface area (Å²) in [6.45, 7) is 2.57. The summed E-state index contributed by atoms with van der Waals surface area (Å²) in [6, 6.07) is 6.49. The molecule has 1 aromatic heterocycles. The molecule has 0 saturated carbocycles. The number of rotatable bonds is 3. The maximum absolute atomic E-state index is 12.7. The van der Waals surface area contributed by atoms with E-state index in [4.69, 9.17) is 0 Å². The van der Waals surface area contributed by atoms with Gasteiger partial charge < -0.3 is 4.90 Å². The van der Waals surface area contributed by atoms with Crippen LogP contribution in [0, 0.1) is 12.7 Å². The average Bonchev–Trinajstić information content (AvgIpc) is 2.68. The normalized spacial score (nSPS) is 10.4. The molecule has 0 radical (unpaired) electrons. The van der Waals surface area contributed by atoms with Gasteiger partial charge in [-0.15, -0.1) is 0 Å². The van der Waals surface area contributed by atoms with Gasteiger partial charge >= 0.3 is 0 Å². The van der Waals surface area contributed by atoms with Gasteiger partial charge in [0.25, 0.3) is 0 Å². The molecule has 0 fully saturated rings. The Morgan fingerprint density at radius 2 is 2.00 bits per heavy atom. The highest BCUT2D eigenvalue weighted by molar-refractivity contribution is 7.09. The third-order valence-corrected chi connectivity index (χ3v) is 3.10. The van der Waals surface area contributed by atoms with Crippen LogP contribution in [0.15, 0.2) is 24.3 Å². The zero-order valence-electron chi connectivity index (χ0n) is 9.14. The van der Waals surface area contributed by atoms with Gasteiger partial charge in [0.05, 0.1) is 0 Å². The fraction of sp³-hybridized carbons (Fsp3) is 0.273. The number of benzene rings is 1. The molecule has 0 saturated heterocycles. The predicted molar refractivity (Wildman–Crippen MR) is 63.2 cm³/mol. The molecule has 0 spiro atoms. The van der Waals surface area contributed by atoms with E-state index in [0.29, 0.717) is 6.54 Å². The SMILES string of the molecule is Cc1nsc(N(C)Cc2ccc(F)cc2)n1. The molecule has 5 heteroatoms. The molecule has 0 bridgehead atoms. The molecule has 0 aliphatic rings. The van der Waals surface area contributed by atoms with Gasteiger partial charge in [-0.25, -0.2) is 9.37 Å². The summed E-state index contributed by atoms with van der Waals surface area (Å²) < 4.78 is 16.8. The lowest BCUT2D eigenvalue weighted by molar-refractivity contribution is 0.627. The molecular weight excluding hydrogens is 225 g/mol. The second kappa shape index (κ2) is 4.57. The fourth-order valence-corrected chi connectivity index (χ4v) is 2.00. The number of anilines is 1. The van der Waals surface area contributed by atoms with Crippen LogP contribution < -0.4 is 4.90 Å². The van der Waals surface area contributed by atoms with Crippen molar-refractivity contribution < 1.29 is 4.39 Å². The fourth-order valence-electron chi connectivity index (χ4n) is 1.37. The summed E-state index contributed by atoms with van der Waals surface area (Å²) in [5, 5.41) is 0.877. The summed E-state index contributed by atoms with van der Waals surface area (Å²) in [4.78, 5) is 6.28. The van der Waals surface area contributed by atoms with E-state index in [-0.39, 0.29) is 5.82 Å². The molecule has 0 aliphatic carbocycles. The van der Waals surface area contributed by atoms with Crippen LogP contribution in [-0.4, -0.2) is 16.4 Å². The van der Waals surface area contributed by atoms with E-state index in [1.165, 1.54) is 23.7 Å². The summed E-state index contributed by atoms with van der Waals surface area (Å²) in [6.07, 6.45) is 0. The number of nitrogens with zero attached hydrogens (tertiary/aromatic N) is 3. The Kier molecular flexibility index (Phi) is 3.14. The smallest absolute Gasteiger partial charge is 0.205 e. The maximum Gasteiger partial charge on any atom is 0.205 e. The number of hydrogen-bond donors (Lipinski definition) is 0. The zero-order valence-corrected chi connectivity index (χ0v) is 9.96. The first-order valence-corrected chi connectivity index (χ1v) is 5.68. The van der Waals surface area contributed by atoms with E-state index in [0.717, 1.165) is 16.5 Å². The van der Waals surface area contributed by atoms with Crippen molar-refractivity contribution in [3.63, 3.8) is 0 Å². The summed E-state index contributed by atoms with van der Waals surface area (Å²) >= 11 is 1.37. The molecule has 0 atom stereocenters. The third-order valence-electron chi connectivity index (χ3n) is 2.18. The van der Waals surface area contributed by atoms with Crippen LogP contribution in [0.4, 0.5) is 9.52 Å². The van der Waals surface area contributed by atoms with Crippen molar-refractivity contribution in [3.8, 4) is 0 Å². The lowest BCUT2D eigenvalue weighted by atomic mass is 10.2. The van der Waals surface area contributed by atoms with Crippen molar-refractivity contribution in [2.45, 2.75) is 13.5 Å². The summed E-state index contributed by atoms with van der Waals surface area (Å²) in [7, 11) is 1.95. The first kappa shape index (κ1) is 11.0. The molecule has 0 amide bonds. The number of aryl methyl sites for hydroxylation is 1. The van der Waals surface area contributed by atoms with Crippen LogP contribution in [-0.2, 0) is 6.54 Å². The van der Waals surface area contributed by atoms with Gasteiger partial charge in [-0.3, -0.25) is 0 Å². The van der Waals surface area contributed by atoms with Gasteiger partial charge in [0.2, 0.25) is 5.13 Å². The minimum atomic E-state index is -0.210. The van der Waals surface area contributed by atoms with Crippen LogP contribution >= 0.6 is 11.5 Å². The molecule has 0 aliphatic heterocycles. The van der Waals surface area contributed by atoms with Crippen molar-refractivity contribution in [3.05, 3.63) is 41.5 Å². The Morgan fingerprint density at radius 3 is 2.56 bits per heavy atom. The molecule has 16 heavy (non-hydrogen) atoms. The van der Waals surface area contributed by atoms with Crippen molar-refractivity contribution in [2.24, 2.45) is 0 Å². The van der Waals surface area contributed by atoms with Gasteiger partial charge in [-0.05, 0) is 24.6 Å². The van der Waals surface area contributed by atoms with Gasteiger partial charge in [-0.2, -0.15) is 4.37 Å². The molecule has 0 N–H and O–H groups in total. The van der Waals surface area contributed by atoms with Gasteiger partial charge in [-0.1, -0.05) is 12.1 Å². The topological polar surface area (TPSA) is 29.0 Å². The molecule has 84 valence electrons. The van der Waals surface area contributed by atoms with Crippen molar-refractivity contribution in [2.75, 3.05) is 11.9 Å². The van der Waals surface area contributed by atoms with Crippen molar-refractivity contribution in [1.29, 1.82) is 0 Å². The van der Waals surface area contributed by atoms with E-state index in [9.17, 15) is 4.39 Å². The number of halogens is 1. The number of aromatic nitrogens is 2. The Balaban J connectivity index is 2.07. The van der Waals surface area contributed by atoms with E-state index in [2.05, 4.69) is 9.36 Å². The summed E-state index contributed by atoms with van der Waals surface area (Å²) in [5.74, 6) is 0.573. The molecule has 0 unspecified atom stereocenters. The average molecular weight is 237 g/mol. The zero-order chi connectivity index (χ0) is 11.5. The second-order valence-electron chi connectivity index (χ2n) is 3.61. The lowest BCUT2D eigenvalue weighted by Crippen LogP contribution is -2.16. The Labute approximate surface area is 97.7 Å². The Hall–Kier alpha value is -1.49. The monoisotopic (exact) mass is 237 g/mol. The Morgan fingerprint density at radius 1 is 1.31 bits per heavy atom.